The molecule has 0 heterocycles. The fourth-order valence-electron chi connectivity index (χ4n) is 0.0196. The molecule has 0 unspecified atom stereocenters. The molecule has 0 spiro atoms. The minimum absolute atomic E-state index is 0.759. The van der Waals surface area contributed by atoms with Crippen LogP contribution in [0.25, 0.3) is 0 Å². The van der Waals surface area contributed by atoms with Gasteiger partial charge in [-0.1, -0.05) is 0 Å². The van der Waals surface area contributed by atoms with E-state index < -0.39 is 0 Å². The van der Waals surface area contributed by atoms with Crippen LogP contribution < -0.4 is 0 Å². The fourth-order valence-corrected chi connectivity index (χ4v) is 0.0589. The van der Waals surface area contributed by atoms with Crippen LogP contribution in [0, 0.1) is 0 Å². The van der Waals surface area contributed by atoms with Gasteiger partial charge in [-0.15, -0.1) is 0 Å². The summed E-state index contributed by atoms with van der Waals surface area (Å²) in [5, 5.41) is 0. The van der Waals surface area contributed by atoms with Crippen LogP contribution in [0.15, 0.2) is 6.26 Å². The number of hydrogen-bond donors (Lipinski definition) is 0. The second-order valence-corrected chi connectivity index (χ2v) is 0.524. The van der Waals surface area contributed by atoms with Crippen LogP contribution in [-0.4, -0.2) is 5.94 Å². The van der Waals surface area contributed by atoms with Gasteiger partial charge in [0.1, 0.15) is 0 Å². The molecular weight excluding hydrogens is 88.1 g/mol. The van der Waals surface area contributed by atoms with Crippen molar-refractivity contribution in [2.45, 2.75) is 0 Å². The molecule has 1 radical (unpaired) electrons. The quantitative estimate of drug-likeness (QED) is 0.344. The van der Waals surface area contributed by atoms with Crippen LogP contribution in [0.5, 0.6) is 0 Å². The molecule has 0 atom stereocenters. The highest BCUT2D eigenvalue weighted by atomic mass is 32.1. The summed E-state index contributed by atoms with van der Waals surface area (Å²) in [6, 6.07) is 0. The van der Waals surface area contributed by atoms with E-state index in [1.807, 2.05) is 0 Å². The predicted molar refractivity (Wildman–Crippen MR) is 18.9 cm³/mol. The second kappa shape index (κ2) is 3.60. The molecule has 0 aromatic heterocycles. The third-order valence-electron chi connectivity index (χ3n) is 0.0962. The van der Waals surface area contributed by atoms with Crippen LogP contribution in [-0.2, 0) is 8.98 Å². The van der Waals surface area contributed by atoms with Gasteiger partial charge in [0.15, 0.2) is 25.1 Å². The molecule has 0 aromatic carbocycles. The highest BCUT2D eigenvalue weighted by molar-refractivity contribution is 7.75. The molecule has 5 heavy (non-hydrogen) atoms. The molecule has 0 fully saturated rings. The molecule has 0 N–H and O–H groups in total. The number of hydrogen-bond acceptors (Lipinski definition) is 2. The van der Waals surface area contributed by atoms with Crippen LogP contribution in [0.4, 0.5) is 0 Å². The Morgan fingerprint density at radius 3 is 2.60 bits per heavy atom. The van der Waals surface area contributed by atoms with E-state index in [9.17, 15) is 0 Å². The van der Waals surface area contributed by atoms with Crippen molar-refractivity contribution in [2.24, 2.45) is 0 Å². The Labute approximate surface area is 35.1 Å². The Morgan fingerprint density at radius 2 is 2.60 bits per heavy atom. The summed E-state index contributed by atoms with van der Waals surface area (Å²) in [6.07, 6.45) is 0.759. The van der Waals surface area contributed by atoms with Crippen molar-refractivity contribution in [2.75, 3.05) is 0 Å². The van der Waals surface area contributed by atoms with E-state index in [-0.39, 0.29) is 0 Å². The Bertz CT molecular complexity index is 54.7. The first kappa shape index (κ1) is 4.60. The van der Waals surface area contributed by atoms with E-state index in [1.165, 1.54) is 5.94 Å². The fraction of sp³-hybridized carbons (Fsp3) is 0. The lowest BCUT2D eigenvalue weighted by Gasteiger charge is -1.64. The lowest BCUT2D eigenvalue weighted by atomic mass is 11.1. The van der Waals surface area contributed by atoms with Gasteiger partial charge >= 0.3 is 0 Å². The van der Waals surface area contributed by atoms with Gasteiger partial charge in [-0.3, -0.25) is 0 Å². The average molecular weight is 89.1 g/mol. The van der Waals surface area contributed by atoms with Crippen LogP contribution >= 0.6 is 12.9 Å². The lowest BCUT2D eigenvalue weighted by molar-refractivity contribution is 0.541. The molecule has 0 bridgehead atoms. The zero-order valence-electron chi connectivity index (χ0n) is 2.30. The maximum Gasteiger partial charge on any atom is 0.186 e. The SMILES string of the molecule is O=C=CO[S]. The molecule has 0 aliphatic carbocycles. The van der Waals surface area contributed by atoms with Crippen LogP contribution in [0.1, 0.15) is 0 Å². The standard InChI is InChI=1S/C2HO2S/c3-1-2-4-5/h2H. The van der Waals surface area contributed by atoms with Crippen LogP contribution in [0.3, 0.4) is 0 Å². The third-order valence-corrected chi connectivity index (χ3v) is 0.192. The highest BCUT2D eigenvalue weighted by Gasteiger charge is 1.51. The summed E-state index contributed by atoms with van der Waals surface area (Å²) >= 11 is 3.83. The zero-order valence-corrected chi connectivity index (χ0v) is 3.12. The number of carbonyl (C=O) groups excluding carboxylic acids is 1. The van der Waals surface area contributed by atoms with Gasteiger partial charge in [0.25, 0.3) is 0 Å². The van der Waals surface area contributed by atoms with Crippen molar-refractivity contribution in [1.29, 1.82) is 0 Å². The minimum atomic E-state index is 0.759. The molecule has 3 heteroatoms. The normalized spacial score (nSPS) is 5.00. The summed E-state index contributed by atoms with van der Waals surface area (Å²) in [7, 11) is 0. The lowest BCUT2D eigenvalue weighted by Crippen LogP contribution is -1.49. The van der Waals surface area contributed by atoms with E-state index in [4.69, 9.17) is 4.79 Å². The Kier molecular flexibility index (Phi) is 3.31. The van der Waals surface area contributed by atoms with Crippen molar-refractivity contribution in [1.82, 2.24) is 0 Å². The summed E-state index contributed by atoms with van der Waals surface area (Å²) in [4.78, 5) is 9.03. The van der Waals surface area contributed by atoms with Gasteiger partial charge in [0.05, 0.1) is 0 Å². The van der Waals surface area contributed by atoms with E-state index in [1.54, 1.807) is 0 Å². The molecule has 0 amide bonds. The Morgan fingerprint density at radius 1 is 2.00 bits per heavy atom. The Balaban J connectivity index is 2.93. The second-order valence-electron chi connectivity index (χ2n) is 0.332. The average Bonchev–Trinajstić information content (AvgIpc) is 1.41. The van der Waals surface area contributed by atoms with E-state index in [2.05, 4.69) is 17.1 Å². The molecule has 0 aliphatic rings. The maximum absolute atomic E-state index is 9.03. The molecular formula is C2HO2S. The highest BCUT2D eigenvalue weighted by Crippen LogP contribution is 1.69. The summed E-state index contributed by atoms with van der Waals surface area (Å²) < 4.78 is 3.73. The van der Waals surface area contributed by atoms with Gasteiger partial charge in [0, 0.05) is 0 Å². The summed E-state index contributed by atoms with van der Waals surface area (Å²) in [6.45, 7) is 0. The van der Waals surface area contributed by atoms with E-state index in [0.29, 0.717) is 0 Å². The first-order valence-electron chi connectivity index (χ1n) is 0.895. The summed E-state index contributed by atoms with van der Waals surface area (Å²) in [5.74, 6) is 1.32. The molecule has 0 saturated heterocycles. The predicted octanol–water partition coefficient (Wildman–Crippen LogP) is 0.461. The van der Waals surface area contributed by atoms with Gasteiger partial charge in [-0.25, -0.2) is 4.79 Å². The van der Waals surface area contributed by atoms with Crippen molar-refractivity contribution < 1.29 is 8.98 Å². The van der Waals surface area contributed by atoms with Crippen molar-refractivity contribution in [3.8, 4) is 0 Å². The Hall–Kier alpha value is -0.400. The summed E-state index contributed by atoms with van der Waals surface area (Å²) in [5.41, 5.74) is 0. The van der Waals surface area contributed by atoms with Gasteiger partial charge in [-0.2, -0.15) is 0 Å². The van der Waals surface area contributed by atoms with Gasteiger partial charge in [-0.05, 0) is 0 Å². The van der Waals surface area contributed by atoms with Crippen molar-refractivity contribution >= 4 is 18.9 Å². The smallest absolute Gasteiger partial charge is 0.186 e. The number of rotatable bonds is 1. The van der Waals surface area contributed by atoms with E-state index >= 15 is 0 Å². The minimum Gasteiger partial charge on any atom is -0.407 e. The first-order valence-corrected chi connectivity index (χ1v) is 1.23. The first-order chi connectivity index (χ1) is 2.41. The van der Waals surface area contributed by atoms with Crippen molar-refractivity contribution in [3.63, 3.8) is 0 Å². The molecule has 27 valence electrons. The van der Waals surface area contributed by atoms with Crippen molar-refractivity contribution in [3.05, 3.63) is 6.26 Å². The van der Waals surface area contributed by atoms with E-state index in [0.717, 1.165) is 6.26 Å². The molecule has 0 aliphatic heterocycles. The topological polar surface area (TPSA) is 26.3 Å². The van der Waals surface area contributed by atoms with Gasteiger partial charge in [0.2, 0.25) is 0 Å². The van der Waals surface area contributed by atoms with Crippen LogP contribution in [0.2, 0.25) is 0 Å². The monoisotopic (exact) mass is 89.0 g/mol. The maximum atomic E-state index is 9.03. The van der Waals surface area contributed by atoms with Gasteiger partial charge < -0.3 is 4.18 Å². The molecule has 2 nitrogen and oxygen atoms in total. The zero-order chi connectivity index (χ0) is 4.12. The third kappa shape index (κ3) is 3.60. The molecule has 0 saturated carbocycles. The largest absolute Gasteiger partial charge is 0.407 e. The molecule has 0 aromatic rings. The molecule has 0 rings (SSSR count).